The first-order valence-corrected chi connectivity index (χ1v) is 10.2. The molecule has 4 rings (SSSR count). The molecule has 156 valence electrons. The monoisotopic (exact) mass is 427 g/mol. The largest absolute Gasteiger partial charge is 0.507 e. The van der Waals surface area contributed by atoms with Crippen LogP contribution >= 0.6 is 11.6 Å². The highest BCUT2D eigenvalue weighted by molar-refractivity contribution is 6.46. The van der Waals surface area contributed by atoms with Crippen LogP contribution < -0.4 is 4.74 Å². The van der Waals surface area contributed by atoms with Gasteiger partial charge in [0.15, 0.2) is 0 Å². The minimum atomic E-state index is -0.736. The molecule has 1 N–H and O–H groups in total. The van der Waals surface area contributed by atoms with Gasteiger partial charge >= 0.3 is 0 Å². The lowest BCUT2D eigenvalue weighted by atomic mass is 9.95. The first-order valence-electron chi connectivity index (χ1n) is 9.79. The lowest BCUT2D eigenvalue weighted by molar-refractivity contribution is -0.140. The van der Waals surface area contributed by atoms with E-state index in [2.05, 4.69) is 0 Å². The number of rotatable bonds is 5. The molecule has 2 aliphatic heterocycles. The number of amides is 1. The van der Waals surface area contributed by atoms with Crippen molar-refractivity contribution in [1.29, 1.82) is 0 Å². The first kappa shape index (κ1) is 20.4. The van der Waals surface area contributed by atoms with Crippen LogP contribution in [0, 0.1) is 0 Å². The van der Waals surface area contributed by atoms with Crippen LogP contribution in [0.25, 0.3) is 5.76 Å². The van der Waals surface area contributed by atoms with Crippen molar-refractivity contribution in [2.45, 2.75) is 25.0 Å². The van der Waals surface area contributed by atoms with E-state index in [1.807, 2.05) is 6.07 Å². The summed E-state index contributed by atoms with van der Waals surface area (Å²) in [5.41, 5.74) is 1.15. The third-order valence-corrected chi connectivity index (χ3v) is 5.74. The maximum absolute atomic E-state index is 13.0. The molecular weight excluding hydrogens is 406 g/mol. The number of halogens is 1. The zero-order valence-corrected chi connectivity index (χ0v) is 17.3. The fraction of sp³-hybridized carbons (Fsp3) is 0.304. The van der Waals surface area contributed by atoms with E-state index < -0.39 is 17.7 Å². The molecule has 6 nitrogen and oxygen atoms in total. The van der Waals surface area contributed by atoms with E-state index in [-0.39, 0.29) is 24.0 Å². The minimum Gasteiger partial charge on any atom is -0.507 e. The van der Waals surface area contributed by atoms with Crippen molar-refractivity contribution in [2.75, 3.05) is 20.3 Å². The van der Waals surface area contributed by atoms with Gasteiger partial charge in [-0.05, 0) is 54.8 Å². The van der Waals surface area contributed by atoms with E-state index >= 15 is 0 Å². The lowest BCUT2D eigenvalue weighted by Gasteiger charge is -2.27. The fourth-order valence-electron chi connectivity index (χ4n) is 4.00. The van der Waals surface area contributed by atoms with Gasteiger partial charge in [0.05, 0.1) is 24.8 Å². The quantitative estimate of drug-likeness (QED) is 0.444. The highest BCUT2D eigenvalue weighted by Crippen LogP contribution is 2.41. The Labute approximate surface area is 179 Å². The smallest absolute Gasteiger partial charge is 0.295 e. The predicted molar refractivity (Wildman–Crippen MR) is 112 cm³/mol. The molecule has 2 saturated heterocycles. The van der Waals surface area contributed by atoms with E-state index in [0.29, 0.717) is 28.5 Å². The molecule has 1 amide bonds. The van der Waals surface area contributed by atoms with Crippen LogP contribution in [0.2, 0.25) is 5.02 Å². The number of ether oxygens (including phenoxy) is 2. The molecule has 0 aromatic heterocycles. The summed E-state index contributed by atoms with van der Waals surface area (Å²) in [6.45, 7) is 0.924. The van der Waals surface area contributed by atoms with Crippen LogP contribution in [0.4, 0.5) is 0 Å². The number of Topliss-reactive ketones (excluding diaryl/α,β-unsaturated/α-hetero) is 1. The maximum atomic E-state index is 13.0. The zero-order chi connectivity index (χ0) is 21.3. The molecule has 2 aliphatic rings. The molecule has 0 aliphatic carbocycles. The summed E-state index contributed by atoms with van der Waals surface area (Å²) in [6.07, 6.45) is 1.61. The third-order valence-electron chi connectivity index (χ3n) is 5.49. The fourth-order valence-corrected chi connectivity index (χ4v) is 4.12. The van der Waals surface area contributed by atoms with E-state index in [4.69, 9.17) is 21.1 Å². The number of nitrogens with zero attached hydrogens (tertiary/aromatic N) is 1. The highest BCUT2D eigenvalue weighted by Gasteiger charge is 2.47. The number of aliphatic hydroxyl groups excluding tert-OH is 1. The molecule has 0 radical (unpaired) electrons. The Morgan fingerprint density at radius 1 is 1.23 bits per heavy atom. The molecule has 0 spiro atoms. The van der Waals surface area contributed by atoms with Crippen molar-refractivity contribution in [3.8, 4) is 5.75 Å². The van der Waals surface area contributed by atoms with Gasteiger partial charge in [-0.15, -0.1) is 0 Å². The molecule has 7 heteroatoms. The van der Waals surface area contributed by atoms with Gasteiger partial charge < -0.3 is 19.5 Å². The van der Waals surface area contributed by atoms with Gasteiger partial charge in [0.1, 0.15) is 11.5 Å². The Balaban J connectivity index is 1.83. The van der Waals surface area contributed by atoms with Gasteiger partial charge in [-0.1, -0.05) is 23.7 Å². The predicted octanol–water partition coefficient (Wildman–Crippen LogP) is 3.95. The summed E-state index contributed by atoms with van der Waals surface area (Å²) >= 11 is 5.95. The highest BCUT2D eigenvalue weighted by atomic mass is 35.5. The van der Waals surface area contributed by atoms with Gasteiger partial charge in [-0.3, -0.25) is 9.59 Å². The molecule has 2 heterocycles. The molecule has 2 aromatic rings. The third kappa shape index (κ3) is 3.80. The standard InChI is InChI=1S/C23H22ClNO5/c1-29-17-5-2-4-15(12-17)20-19(21(26)14-7-9-16(24)10-8-14)22(27)23(28)25(20)13-18-6-3-11-30-18/h2,4-5,7-10,12,18,20,26H,3,6,11,13H2,1H3/t18-,20-/m0/s1. The van der Waals surface area contributed by atoms with Gasteiger partial charge in [0.2, 0.25) is 0 Å². The van der Waals surface area contributed by atoms with Gasteiger partial charge in [0, 0.05) is 23.7 Å². The molecule has 2 fully saturated rings. The summed E-state index contributed by atoms with van der Waals surface area (Å²) in [7, 11) is 1.55. The number of methoxy groups -OCH3 is 1. The average Bonchev–Trinajstić information content (AvgIpc) is 3.36. The lowest BCUT2D eigenvalue weighted by Crippen LogP contribution is -2.36. The van der Waals surface area contributed by atoms with Crippen molar-refractivity contribution in [3.63, 3.8) is 0 Å². The summed E-state index contributed by atoms with van der Waals surface area (Å²) < 4.78 is 11.0. The van der Waals surface area contributed by atoms with Gasteiger partial charge in [0.25, 0.3) is 11.7 Å². The second kappa shape index (κ2) is 8.50. The second-order valence-corrected chi connectivity index (χ2v) is 7.81. The minimum absolute atomic E-state index is 0.0496. The Kier molecular flexibility index (Phi) is 5.79. The number of ketones is 1. The van der Waals surface area contributed by atoms with Crippen molar-refractivity contribution in [2.24, 2.45) is 0 Å². The number of hydrogen-bond donors (Lipinski definition) is 1. The number of carbonyl (C=O) groups excluding carboxylic acids is 2. The van der Waals surface area contributed by atoms with E-state index in [1.165, 1.54) is 4.90 Å². The van der Waals surface area contributed by atoms with E-state index in [1.54, 1.807) is 49.6 Å². The van der Waals surface area contributed by atoms with Gasteiger partial charge in [-0.2, -0.15) is 0 Å². The Morgan fingerprint density at radius 2 is 2.00 bits per heavy atom. The molecular formula is C23H22ClNO5. The Bertz CT molecular complexity index is 995. The number of likely N-dealkylation sites (tertiary alicyclic amines) is 1. The van der Waals surface area contributed by atoms with Crippen molar-refractivity contribution >= 4 is 29.1 Å². The number of hydrogen-bond acceptors (Lipinski definition) is 5. The number of aliphatic hydroxyl groups is 1. The van der Waals surface area contributed by atoms with Crippen molar-refractivity contribution in [3.05, 3.63) is 70.3 Å². The van der Waals surface area contributed by atoms with Crippen LogP contribution in [0.5, 0.6) is 5.75 Å². The molecule has 30 heavy (non-hydrogen) atoms. The molecule has 0 bridgehead atoms. The summed E-state index contributed by atoms with van der Waals surface area (Å²) in [4.78, 5) is 27.5. The summed E-state index contributed by atoms with van der Waals surface area (Å²) in [5.74, 6) is -0.989. The van der Waals surface area contributed by atoms with Crippen LogP contribution in [0.3, 0.4) is 0 Å². The molecule has 0 unspecified atom stereocenters. The molecule has 2 aromatic carbocycles. The molecule has 2 atom stereocenters. The Morgan fingerprint density at radius 3 is 2.67 bits per heavy atom. The molecule has 0 saturated carbocycles. The van der Waals surface area contributed by atoms with Gasteiger partial charge in [-0.25, -0.2) is 0 Å². The summed E-state index contributed by atoms with van der Waals surface area (Å²) in [6, 6.07) is 12.9. The van der Waals surface area contributed by atoms with Crippen LogP contribution in [-0.4, -0.2) is 48.1 Å². The number of benzene rings is 2. The first-order chi connectivity index (χ1) is 14.5. The SMILES string of the molecule is COc1cccc([C@H]2C(=C(O)c3ccc(Cl)cc3)C(=O)C(=O)N2C[C@@H]2CCCO2)c1. The normalized spacial score (nSPS) is 23.2. The maximum Gasteiger partial charge on any atom is 0.295 e. The number of carbonyl (C=O) groups is 2. The average molecular weight is 428 g/mol. The van der Waals surface area contributed by atoms with Crippen LogP contribution in [0.1, 0.15) is 30.0 Å². The van der Waals surface area contributed by atoms with E-state index in [0.717, 1.165) is 12.8 Å². The van der Waals surface area contributed by atoms with Crippen molar-refractivity contribution < 1.29 is 24.2 Å². The van der Waals surface area contributed by atoms with Crippen LogP contribution in [-0.2, 0) is 14.3 Å². The van der Waals surface area contributed by atoms with Crippen molar-refractivity contribution in [1.82, 2.24) is 4.90 Å². The zero-order valence-electron chi connectivity index (χ0n) is 16.5. The topological polar surface area (TPSA) is 76.1 Å². The van der Waals surface area contributed by atoms with Crippen LogP contribution in [0.15, 0.2) is 54.1 Å². The Hall–Kier alpha value is -2.83. The second-order valence-electron chi connectivity index (χ2n) is 7.37. The van der Waals surface area contributed by atoms with E-state index in [9.17, 15) is 14.7 Å². The summed E-state index contributed by atoms with van der Waals surface area (Å²) in [5, 5.41) is 11.5.